The molecule has 3 aliphatic carbocycles. The quantitative estimate of drug-likeness (QED) is 0.187. The number of hydrogen-bond acceptors (Lipinski definition) is 9. The van der Waals surface area contributed by atoms with Gasteiger partial charge in [0.25, 0.3) is 0 Å². The summed E-state index contributed by atoms with van der Waals surface area (Å²) in [5.74, 6) is 2.15. The van der Waals surface area contributed by atoms with E-state index in [0.717, 1.165) is 12.8 Å². The van der Waals surface area contributed by atoms with Crippen LogP contribution in [0.15, 0.2) is 24.4 Å². The number of carbonyl (C=O) groups is 2. The van der Waals surface area contributed by atoms with Crippen molar-refractivity contribution in [1.82, 2.24) is 16.0 Å². The zero-order chi connectivity index (χ0) is 37.3. The Morgan fingerprint density at radius 2 is 1.64 bits per heavy atom. The Bertz CT molecular complexity index is 1390. The van der Waals surface area contributed by atoms with Crippen molar-refractivity contribution in [2.45, 2.75) is 130 Å². The summed E-state index contributed by atoms with van der Waals surface area (Å²) in [6, 6.07) is 2.04. The van der Waals surface area contributed by atoms with Crippen LogP contribution in [-0.2, 0) is 25.3 Å². The van der Waals surface area contributed by atoms with Gasteiger partial charge < -0.3 is 44.2 Å². The van der Waals surface area contributed by atoms with Crippen molar-refractivity contribution >= 4 is 19.1 Å². The Hall–Kier alpha value is -3.12. The molecule has 7 atom stereocenters. The van der Waals surface area contributed by atoms with Gasteiger partial charge in [-0.15, -0.1) is 0 Å². The average Bonchev–Trinajstić information content (AvgIpc) is 3.38. The van der Waals surface area contributed by atoms with Crippen LogP contribution in [0.4, 0.5) is 4.79 Å². The third-order valence-corrected chi connectivity index (χ3v) is 11.0. The molecule has 4 aliphatic rings. The smallest absolute Gasteiger partial charge is 0.481 e. The first-order valence-electron chi connectivity index (χ1n) is 18.1. The fourth-order valence-electron chi connectivity index (χ4n) is 8.26. The molecular formula is C38H62BN3O8. The van der Waals surface area contributed by atoms with Crippen molar-refractivity contribution < 1.29 is 37.8 Å². The number of nitrogens with one attached hydrogen (secondary N) is 3. The van der Waals surface area contributed by atoms with Crippen LogP contribution in [0.5, 0.6) is 17.2 Å². The molecule has 280 valence electrons. The highest BCUT2D eigenvalue weighted by Gasteiger charge is 2.68. The molecule has 1 heterocycles. The van der Waals surface area contributed by atoms with Gasteiger partial charge in [0, 0.05) is 17.7 Å². The monoisotopic (exact) mass is 699 g/mol. The molecule has 2 amide bonds. The molecular weight excluding hydrogens is 637 g/mol. The van der Waals surface area contributed by atoms with Gasteiger partial charge in [-0.25, -0.2) is 4.79 Å². The summed E-state index contributed by atoms with van der Waals surface area (Å²) >= 11 is 0. The van der Waals surface area contributed by atoms with Crippen molar-refractivity contribution in [3.05, 3.63) is 30.0 Å². The fraction of sp³-hybridized carbons (Fsp3) is 0.737. The van der Waals surface area contributed by atoms with E-state index in [0.29, 0.717) is 46.3 Å². The molecule has 0 aromatic heterocycles. The van der Waals surface area contributed by atoms with Crippen molar-refractivity contribution in [3.63, 3.8) is 0 Å². The molecule has 2 bridgehead atoms. The maximum Gasteiger partial charge on any atom is 0.481 e. The van der Waals surface area contributed by atoms with Gasteiger partial charge in [0.2, 0.25) is 11.7 Å². The van der Waals surface area contributed by atoms with Crippen LogP contribution in [0.1, 0.15) is 94.1 Å². The molecule has 1 aromatic rings. The van der Waals surface area contributed by atoms with Gasteiger partial charge in [-0.05, 0) is 82.1 Å². The van der Waals surface area contributed by atoms with E-state index in [1.807, 2.05) is 13.8 Å². The standard InChI is InChI=1S/C38H62BN3O8/c1-21(2)17-30(39-49-29-20-25-19-28(37(25,9)10)38(29,11)50-39)40-23(5)31(22(3)4)42-34(43)26(41-35(44)48-36(6,7)8)18-24-15-16-27(45-12)33(47-14)32(24)46-13/h15-16,21-22,25-26,28-31,40H,5,17-20H2,1-4,6-14H3,(H,41,44)(H,42,43)/t25-,26-,28-,29+,30-,31-,38-/m0/s1. The van der Waals surface area contributed by atoms with Crippen molar-refractivity contribution in [2.24, 2.45) is 29.1 Å². The molecule has 3 N–H and O–H groups in total. The normalized spacial score (nSPS) is 25.5. The zero-order valence-corrected chi connectivity index (χ0v) is 32.7. The van der Waals surface area contributed by atoms with Gasteiger partial charge in [-0.3, -0.25) is 4.79 Å². The Balaban J connectivity index is 1.55. The summed E-state index contributed by atoms with van der Waals surface area (Å²) < 4.78 is 35.8. The maximum atomic E-state index is 14.2. The van der Waals surface area contributed by atoms with Crippen LogP contribution in [0.3, 0.4) is 0 Å². The number of rotatable bonds is 15. The first-order chi connectivity index (χ1) is 23.2. The van der Waals surface area contributed by atoms with Crippen LogP contribution in [0.25, 0.3) is 0 Å². The van der Waals surface area contributed by atoms with Gasteiger partial charge >= 0.3 is 13.2 Å². The topological polar surface area (TPSA) is 126 Å². The zero-order valence-electron chi connectivity index (χ0n) is 32.7. The van der Waals surface area contributed by atoms with Crippen LogP contribution in [0.2, 0.25) is 0 Å². The molecule has 0 radical (unpaired) electrons. The molecule has 1 saturated heterocycles. The molecule has 3 saturated carbocycles. The molecule has 5 rings (SSSR count). The summed E-state index contributed by atoms with van der Waals surface area (Å²) in [4.78, 5) is 27.2. The van der Waals surface area contributed by atoms with Gasteiger partial charge in [-0.1, -0.05) is 54.2 Å². The maximum absolute atomic E-state index is 14.2. The van der Waals surface area contributed by atoms with E-state index in [1.54, 1.807) is 32.9 Å². The number of methoxy groups -OCH3 is 3. The molecule has 50 heavy (non-hydrogen) atoms. The van der Waals surface area contributed by atoms with Gasteiger partial charge in [0.05, 0.1) is 45.0 Å². The number of hydrogen-bond donors (Lipinski definition) is 3. The van der Waals surface area contributed by atoms with Crippen LogP contribution in [0, 0.1) is 29.1 Å². The molecule has 12 heteroatoms. The molecule has 0 unspecified atom stereocenters. The second-order valence-electron chi connectivity index (χ2n) is 16.9. The lowest BCUT2D eigenvalue weighted by molar-refractivity contribution is -0.199. The fourth-order valence-corrected chi connectivity index (χ4v) is 8.26. The lowest BCUT2D eigenvalue weighted by Gasteiger charge is -2.64. The van der Waals surface area contributed by atoms with E-state index in [2.05, 4.69) is 57.1 Å². The number of ether oxygens (including phenoxy) is 4. The highest BCUT2D eigenvalue weighted by Crippen LogP contribution is 2.65. The lowest BCUT2D eigenvalue weighted by Crippen LogP contribution is -2.65. The minimum Gasteiger partial charge on any atom is -0.493 e. The molecule has 1 aliphatic heterocycles. The van der Waals surface area contributed by atoms with E-state index < -0.39 is 36.8 Å². The first-order valence-corrected chi connectivity index (χ1v) is 18.1. The van der Waals surface area contributed by atoms with Crippen molar-refractivity contribution in [3.8, 4) is 17.2 Å². The van der Waals surface area contributed by atoms with E-state index in [4.69, 9.17) is 28.3 Å². The predicted octanol–water partition coefficient (Wildman–Crippen LogP) is 6.07. The Morgan fingerprint density at radius 3 is 2.18 bits per heavy atom. The predicted molar refractivity (Wildman–Crippen MR) is 195 cm³/mol. The van der Waals surface area contributed by atoms with Gasteiger partial charge in [0.15, 0.2) is 11.5 Å². The second kappa shape index (κ2) is 15.2. The Morgan fingerprint density at radius 1 is 0.980 bits per heavy atom. The largest absolute Gasteiger partial charge is 0.493 e. The number of benzene rings is 1. The summed E-state index contributed by atoms with van der Waals surface area (Å²) in [7, 11) is 4.14. The summed E-state index contributed by atoms with van der Waals surface area (Å²) in [6.07, 6.45) is 2.43. The summed E-state index contributed by atoms with van der Waals surface area (Å²) in [6.45, 7) is 25.1. The lowest BCUT2D eigenvalue weighted by atomic mass is 9.43. The van der Waals surface area contributed by atoms with Crippen LogP contribution >= 0.6 is 0 Å². The minimum absolute atomic E-state index is 0.0324. The summed E-state index contributed by atoms with van der Waals surface area (Å²) in [5, 5.41) is 9.60. The van der Waals surface area contributed by atoms with Crippen LogP contribution < -0.4 is 30.2 Å². The van der Waals surface area contributed by atoms with Gasteiger partial charge in [-0.2, -0.15) is 0 Å². The van der Waals surface area contributed by atoms with Crippen molar-refractivity contribution in [2.75, 3.05) is 21.3 Å². The third-order valence-electron chi connectivity index (χ3n) is 11.0. The molecule has 0 spiro atoms. The SMILES string of the molecule is C=C(N[C@@H](CC(C)C)B1O[C@@H]2C[C@@H]3C[C@@H](C3(C)C)[C@]2(C)O1)[C@@H](NC(=O)[C@H](Cc1ccc(OC)c(OC)c1OC)NC(=O)OC(C)(C)C)C(C)C. The molecule has 11 nitrogen and oxygen atoms in total. The number of alkyl carbamates (subject to hydrolysis) is 1. The average molecular weight is 700 g/mol. The second-order valence-corrected chi connectivity index (χ2v) is 16.9. The van der Waals surface area contributed by atoms with E-state index in [9.17, 15) is 9.59 Å². The minimum atomic E-state index is -1.02. The third kappa shape index (κ3) is 8.33. The van der Waals surface area contributed by atoms with Gasteiger partial charge in [0.1, 0.15) is 11.6 Å². The summed E-state index contributed by atoms with van der Waals surface area (Å²) in [5.41, 5.74) is 0.439. The first kappa shape index (κ1) is 39.7. The van der Waals surface area contributed by atoms with E-state index in [-0.39, 0.29) is 35.4 Å². The molecule has 1 aromatic carbocycles. The number of carbonyl (C=O) groups excluding carboxylic acids is 2. The highest BCUT2D eigenvalue weighted by atomic mass is 16.7. The highest BCUT2D eigenvalue weighted by molar-refractivity contribution is 6.47. The Labute approximate surface area is 300 Å². The Kier molecular flexibility index (Phi) is 12.1. The number of amides is 2. The van der Waals surface area contributed by atoms with Crippen molar-refractivity contribution in [1.29, 1.82) is 0 Å². The van der Waals surface area contributed by atoms with E-state index in [1.165, 1.54) is 27.8 Å². The molecule has 4 fully saturated rings. The van der Waals surface area contributed by atoms with Crippen LogP contribution in [-0.4, -0.2) is 75.8 Å². The van der Waals surface area contributed by atoms with E-state index >= 15 is 0 Å².